The van der Waals surface area contributed by atoms with Gasteiger partial charge in [0.2, 0.25) is 0 Å². The van der Waals surface area contributed by atoms with Crippen LogP contribution in [0.5, 0.6) is 0 Å². The first-order valence-electron chi connectivity index (χ1n) is 10.6. The highest BCUT2D eigenvalue weighted by Crippen LogP contribution is 2.30. The lowest BCUT2D eigenvalue weighted by molar-refractivity contribution is -0.141. The molecule has 2 aromatic heterocycles. The normalized spacial score (nSPS) is 11.7. The highest BCUT2D eigenvalue weighted by atomic mass is 19.4. The summed E-state index contributed by atoms with van der Waals surface area (Å²) < 4.78 is 60.2. The zero-order valence-electron chi connectivity index (χ0n) is 18.9. The Morgan fingerprint density at radius 3 is 2.43 bits per heavy atom. The van der Waals surface area contributed by atoms with Crippen molar-refractivity contribution < 1.29 is 27.1 Å². The number of ether oxygens (including phenoxy) is 1. The molecule has 2 heterocycles. The number of aromatic nitrogens is 3. The number of alkyl halides is 3. The third-order valence-corrected chi connectivity index (χ3v) is 5.82. The number of halogens is 4. The summed E-state index contributed by atoms with van der Waals surface area (Å²) in [5.74, 6) is -0.890. The predicted octanol–water partition coefficient (Wildman–Crippen LogP) is 4.48. The van der Waals surface area contributed by atoms with Gasteiger partial charge in [0.05, 0.1) is 24.9 Å². The Balaban J connectivity index is 1.67. The number of fused-ring (bicyclic) bond motifs is 1. The molecule has 0 fully saturated rings. The van der Waals surface area contributed by atoms with Crippen molar-refractivity contribution in [2.45, 2.75) is 32.6 Å². The lowest BCUT2D eigenvalue weighted by Crippen LogP contribution is -2.23. The van der Waals surface area contributed by atoms with E-state index >= 15 is 0 Å². The largest absolute Gasteiger partial charge is 0.468 e. The van der Waals surface area contributed by atoms with E-state index < -0.39 is 29.1 Å². The molecule has 0 atom stereocenters. The standard InChI is InChI=1S/C25H21F4N3O3/c1-15-20(21-11-18(26)7-9-22(21)31(15)14-24(34)35-2)12-19-8-10-23(33)32(30-19)13-16-3-5-17(6-4-16)25(27,28)29/h3-11H,12-14H2,1-2H3. The van der Waals surface area contributed by atoms with Crippen LogP contribution in [0.25, 0.3) is 10.9 Å². The van der Waals surface area contributed by atoms with Crippen molar-refractivity contribution in [3.63, 3.8) is 0 Å². The van der Waals surface area contributed by atoms with Crippen LogP contribution in [0.2, 0.25) is 0 Å². The Bertz CT molecular complexity index is 1450. The average molecular weight is 487 g/mol. The summed E-state index contributed by atoms with van der Waals surface area (Å²) in [5, 5.41) is 4.98. The van der Waals surface area contributed by atoms with Crippen LogP contribution in [0.3, 0.4) is 0 Å². The molecule has 0 unspecified atom stereocenters. The lowest BCUT2D eigenvalue weighted by Gasteiger charge is -2.10. The Hall–Kier alpha value is -3.95. The quantitative estimate of drug-likeness (QED) is 0.297. The van der Waals surface area contributed by atoms with Gasteiger partial charge in [0.15, 0.2) is 0 Å². The number of rotatable bonds is 6. The summed E-state index contributed by atoms with van der Waals surface area (Å²) >= 11 is 0. The molecule has 0 aliphatic carbocycles. The Kier molecular flexibility index (Phi) is 6.47. The van der Waals surface area contributed by atoms with Crippen LogP contribution < -0.4 is 5.56 Å². The van der Waals surface area contributed by atoms with Crippen molar-refractivity contribution in [1.29, 1.82) is 0 Å². The van der Waals surface area contributed by atoms with E-state index in [2.05, 4.69) is 5.10 Å². The van der Waals surface area contributed by atoms with Gasteiger partial charge in [-0.3, -0.25) is 9.59 Å². The van der Waals surface area contributed by atoms with Crippen LogP contribution >= 0.6 is 0 Å². The molecule has 0 saturated heterocycles. The molecule has 35 heavy (non-hydrogen) atoms. The second kappa shape index (κ2) is 9.36. The molecule has 0 aliphatic heterocycles. The average Bonchev–Trinajstić information content (AvgIpc) is 3.06. The second-order valence-electron chi connectivity index (χ2n) is 8.08. The molecule has 0 saturated carbocycles. The summed E-state index contributed by atoms with van der Waals surface area (Å²) in [7, 11) is 1.29. The smallest absolute Gasteiger partial charge is 0.416 e. The van der Waals surface area contributed by atoms with Crippen LogP contribution in [0.1, 0.15) is 28.1 Å². The Labute approximate surface area is 197 Å². The summed E-state index contributed by atoms with van der Waals surface area (Å²) in [5.41, 5.74) is 1.90. The molecule has 6 nitrogen and oxygen atoms in total. The number of nitrogens with zero attached hydrogens (tertiary/aromatic N) is 3. The molecule has 4 rings (SSSR count). The number of hydrogen-bond donors (Lipinski definition) is 0. The Morgan fingerprint density at radius 1 is 1.06 bits per heavy atom. The molecular formula is C25H21F4N3O3. The van der Waals surface area contributed by atoms with Crippen molar-refractivity contribution in [3.8, 4) is 0 Å². The number of esters is 1. The highest BCUT2D eigenvalue weighted by molar-refractivity contribution is 5.87. The van der Waals surface area contributed by atoms with Gasteiger partial charge >= 0.3 is 12.1 Å². The van der Waals surface area contributed by atoms with Gasteiger partial charge in [-0.25, -0.2) is 9.07 Å². The van der Waals surface area contributed by atoms with Crippen molar-refractivity contribution in [2.24, 2.45) is 0 Å². The van der Waals surface area contributed by atoms with E-state index in [1.807, 2.05) is 0 Å². The third kappa shape index (κ3) is 5.11. The van der Waals surface area contributed by atoms with E-state index in [1.54, 1.807) is 23.6 Å². The van der Waals surface area contributed by atoms with E-state index in [1.165, 1.54) is 42.1 Å². The van der Waals surface area contributed by atoms with Gasteiger partial charge in [-0.15, -0.1) is 0 Å². The molecule has 10 heteroatoms. The molecular weight excluding hydrogens is 466 g/mol. The number of methoxy groups -OCH3 is 1. The topological polar surface area (TPSA) is 66.1 Å². The molecule has 0 aliphatic rings. The van der Waals surface area contributed by atoms with Crippen molar-refractivity contribution >= 4 is 16.9 Å². The first kappa shape index (κ1) is 24.2. The van der Waals surface area contributed by atoms with E-state index in [0.717, 1.165) is 23.4 Å². The summed E-state index contributed by atoms with van der Waals surface area (Å²) in [6.07, 6.45) is -4.20. The summed E-state index contributed by atoms with van der Waals surface area (Å²) in [4.78, 5) is 24.3. The molecule has 0 bridgehead atoms. The van der Waals surface area contributed by atoms with Gasteiger partial charge in [0.25, 0.3) is 5.56 Å². The predicted molar refractivity (Wildman–Crippen MR) is 120 cm³/mol. The molecule has 4 aromatic rings. The summed E-state index contributed by atoms with van der Waals surface area (Å²) in [6, 6.07) is 11.7. The first-order valence-corrected chi connectivity index (χ1v) is 10.6. The SMILES string of the molecule is COC(=O)Cn1c(C)c(Cc2ccc(=O)n(Cc3ccc(C(F)(F)F)cc3)n2)c2cc(F)ccc21. The molecule has 0 radical (unpaired) electrons. The van der Waals surface area contributed by atoms with E-state index in [0.29, 0.717) is 22.2 Å². The second-order valence-corrected chi connectivity index (χ2v) is 8.08. The van der Waals surface area contributed by atoms with E-state index in [-0.39, 0.29) is 19.5 Å². The molecule has 0 amide bonds. The van der Waals surface area contributed by atoms with Crippen LogP contribution in [-0.4, -0.2) is 27.4 Å². The van der Waals surface area contributed by atoms with E-state index in [4.69, 9.17) is 4.74 Å². The molecule has 182 valence electrons. The fraction of sp³-hybridized carbons (Fsp3) is 0.240. The van der Waals surface area contributed by atoms with Crippen LogP contribution in [0, 0.1) is 12.7 Å². The lowest BCUT2D eigenvalue weighted by atomic mass is 10.1. The summed E-state index contributed by atoms with van der Waals surface area (Å²) in [6.45, 7) is 1.74. The molecule has 0 spiro atoms. The minimum absolute atomic E-state index is 0.0114. The van der Waals surface area contributed by atoms with Gasteiger partial charge in [0, 0.05) is 29.1 Å². The van der Waals surface area contributed by atoms with Gasteiger partial charge in [-0.05, 0) is 54.4 Å². The van der Waals surface area contributed by atoms with Crippen molar-refractivity contribution in [3.05, 3.63) is 98.8 Å². The van der Waals surface area contributed by atoms with Crippen LogP contribution in [0.15, 0.2) is 59.4 Å². The van der Waals surface area contributed by atoms with Crippen molar-refractivity contribution in [1.82, 2.24) is 14.3 Å². The maximum absolute atomic E-state index is 14.1. The maximum Gasteiger partial charge on any atom is 0.416 e. The Morgan fingerprint density at radius 2 is 1.77 bits per heavy atom. The number of carbonyl (C=O) groups excluding carboxylic acids is 1. The molecule has 0 N–H and O–H groups in total. The molecule has 2 aromatic carbocycles. The number of benzene rings is 2. The van der Waals surface area contributed by atoms with Crippen LogP contribution in [-0.2, 0) is 35.2 Å². The van der Waals surface area contributed by atoms with Crippen molar-refractivity contribution in [2.75, 3.05) is 7.11 Å². The monoisotopic (exact) mass is 487 g/mol. The fourth-order valence-electron chi connectivity index (χ4n) is 4.00. The fourth-order valence-corrected chi connectivity index (χ4v) is 4.00. The zero-order valence-corrected chi connectivity index (χ0v) is 18.9. The maximum atomic E-state index is 14.1. The van der Waals surface area contributed by atoms with Gasteiger partial charge < -0.3 is 9.30 Å². The van der Waals surface area contributed by atoms with Gasteiger partial charge in [0.1, 0.15) is 12.4 Å². The minimum Gasteiger partial charge on any atom is -0.468 e. The third-order valence-electron chi connectivity index (χ3n) is 5.82. The van der Waals surface area contributed by atoms with Crippen LogP contribution in [0.4, 0.5) is 17.6 Å². The number of hydrogen-bond acceptors (Lipinski definition) is 4. The minimum atomic E-state index is -4.45. The van der Waals surface area contributed by atoms with E-state index in [9.17, 15) is 27.2 Å². The highest BCUT2D eigenvalue weighted by Gasteiger charge is 2.30. The van der Waals surface area contributed by atoms with Gasteiger partial charge in [-0.2, -0.15) is 18.3 Å². The number of carbonyl (C=O) groups is 1. The zero-order chi connectivity index (χ0) is 25.3. The first-order chi connectivity index (χ1) is 16.6. The van der Waals surface area contributed by atoms with Gasteiger partial charge in [-0.1, -0.05) is 12.1 Å².